The van der Waals surface area contributed by atoms with Gasteiger partial charge in [-0.3, -0.25) is 9.59 Å². The maximum atomic E-state index is 13.7. The molecule has 1 aromatic heterocycles. The van der Waals surface area contributed by atoms with E-state index in [2.05, 4.69) is 0 Å². The third-order valence-corrected chi connectivity index (χ3v) is 4.38. The van der Waals surface area contributed by atoms with Gasteiger partial charge in [0.05, 0.1) is 23.6 Å². The summed E-state index contributed by atoms with van der Waals surface area (Å²) in [5.41, 5.74) is 0.647. The Kier molecular flexibility index (Phi) is 3.62. The number of β-amino-alcohol motifs (C(OH)–C–C–N with tert-alkyl or cyclic N) is 1. The summed E-state index contributed by atoms with van der Waals surface area (Å²) in [5, 5.41) is 9.69. The Balaban J connectivity index is 2.02. The van der Waals surface area contributed by atoms with E-state index in [1.54, 1.807) is 30.3 Å². The van der Waals surface area contributed by atoms with Crippen molar-refractivity contribution in [2.24, 2.45) is 0 Å². The number of aliphatic hydroxyl groups is 1. The summed E-state index contributed by atoms with van der Waals surface area (Å²) in [5.74, 6) is -1.000. The van der Waals surface area contributed by atoms with Gasteiger partial charge in [0.2, 0.25) is 5.76 Å². The van der Waals surface area contributed by atoms with Crippen molar-refractivity contribution >= 4 is 16.9 Å². The first kappa shape index (κ1) is 15.5. The fourth-order valence-electron chi connectivity index (χ4n) is 3.33. The molecule has 0 saturated carbocycles. The SMILES string of the molecule is O=C1c2oc3ccccc3c(=O)c2[C@H](c2cccc(F)c2)N1CCO. The molecule has 2 aromatic carbocycles. The predicted molar refractivity (Wildman–Crippen MR) is 88.8 cm³/mol. The molecule has 6 heteroatoms. The number of halogens is 1. The van der Waals surface area contributed by atoms with Gasteiger partial charge in [-0.25, -0.2) is 4.39 Å². The van der Waals surface area contributed by atoms with E-state index in [1.165, 1.54) is 23.1 Å². The minimum Gasteiger partial charge on any atom is -0.450 e. The van der Waals surface area contributed by atoms with Crippen molar-refractivity contribution in [1.82, 2.24) is 4.90 Å². The Morgan fingerprint density at radius 1 is 1.12 bits per heavy atom. The molecule has 5 nitrogen and oxygen atoms in total. The summed E-state index contributed by atoms with van der Waals surface area (Å²) in [6.07, 6.45) is 0. The fraction of sp³-hybridized carbons (Fsp3) is 0.158. The van der Waals surface area contributed by atoms with Crippen LogP contribution in [0.3, 0.4) is 0 Å². The van der Waals surface area contributed by atoms with Crippen LogP contribution in [0.15, 0.2) is 57.7 Å². The summed E-state index contributed by atoms with van der Waals surface area (Å²) < 4.78 is 19.4. The summed E-state index contributed by atoms with van der Waals surface area (Å²) >= 11 is 0. The molecule has 0 saturated heterocycles. The highest BCUT2D eigenvalue weighted by atomic mass is 19.1. The molecule has 4 rings (SSSR count). The van der Waals surface area contributed by atoms with E-state index in [1.807, 2.05) is 0 Å². The highest BCUT2D eigenvalue weighted by molar-refractivity contribution is 5.99. The second kappa shape index (κ2) is 5.82. The average molecular weight is 339 g/mol. The van der Waals surface area contributed by atoms with E-state index >= 15 is 0 Å². The lowest BCUT2D eigenvalue weighted by Gasteiger charge is -2.24. The number of carbonyl (C=O) groups excluding carboxylic acids is 1. The number of benzene rings is 2. The molecular weight excluding hydrogens is 325 g/mol. The quantitative estimate of drug-likeness (QED) is 0.796. The van der Waals surface area contributed by atoms with Gasteiger partial charge in [-0.15, -0.1) is 0 Å². The zero-order valence-corrected chi connectivity index (χ0v) is 13.1. The Labute approximate surface area is 141 Å². The average Bonchev–Trinajstić information content (AvgIpc) is 2.89. The number of rotatable bonds is 3. The maximum Gasteiger partial charge on any atom is 0.290 e. The number of hydrogen-bond donors (Lipinski definition) is 1. The summed E-state index contributed by atoms with van der Waals surface area (Å²) in [4.78, 5) is 27.1. The highest BCUT2D eigenvalue weighted by Crippen LogP contribution is 2.37. The van der Waals surface area contributed by atoms with Crippen LogP contribution in [0.4, 0.5) is 4.39 Å². The number of nitrogens with zero attached hydrogens (tertiary/aromatic N) is 1. The molecular formula is C19H14FNO4. The first-order valence-corrected chi connectivity index (χ1v) is 7.85. The smallest absolute Gasteiger partial charge is 0.290 e. The Hall–Kier alpha value is -2.99. The van der Waals surface area contributed by atoms with Crippen molar-refractivity contribution in [2.75, 3.05) is 13.2 Å². The van der Waals surface area contributed by atoms with Crippen LogP contribution in [-0.2, 0) is 0 Å². The normalized spacial score (nSPS) is 16.5. The van der Waals surface area contributed by atoms with E-state index in [4.69, 9.17) is 4.42 Å². The molecule has 0 spiro atoms. The lowest BCUT2D eigenvalue weighted by atomic mass is 9.98. The number of amides is 1. The van der Waals surface area contributed by atoms with E-state index in [-0.39, 0.29) is 29.9 Å². The molecule has 0 radical (unpaired) electrons. The molecule has 0 bridgehead atoms. The van der Waals surface area contributed by atoms with Crippen LogP contribution in [0.5, 0.6) is 0 Å². The zero-order valence-electron chi connectivity index (χ0n) is 13.1. The molecule has 1 aliphatic rings. The van der Waals surface area contributed by atoms with Crippen molar-refractivity contribution in [2.45, 2.75) is 6.04 Å². The summed E-state index contributed by atoms with van der Waals surface area (Å²) in [6.45, 7) is -0.265. The molecule has 0 fully saturated rings. The molecule has 1 N–H and O–H groups in total. The molecule has 3 aromatic rings. The molecule has 1 amide bonds. The van der Waals surface area contributed by atoms with Crippen LogP contribution in [0.2, 0.25) is 0 Å². The molecule has 25 heavy (non-hydrogen) atoms. The Morgan fingerprint density at radius 2 is 1.92 bits per heavy atom. The maximum absolute atomic E-state index is 13.7. The summed E-state index contributed by atoms with van der Waals surface area (Å²) in [7, 11) is 0. The molecule has 2 heterocycles. The first-order chi connectivity index (χ1) is 12.1. The van der Waals surface area contributed by atoms with Crippen LogP contribution in [-0.4, -0.2) is 29.1 Å². The number of fused-ring (bicyclic) bond motifs is 2. The van der Waals surface area contributed by atoms with Crippen LogP contribution >= 0.6 is 0 Å². The monoisotopic (exact) mass is 339 g/mol. The van der Waals surface area contributed by atoms with Gasteiger partial charge in [-0.05, 0) is 29.8 Å². The van der Waals surface area contributed by atoms with Crippen molar-refractivity contribution in [1.29, 1.82) is 0 Å². The number of carbonyl (C=O) groups is 1. The molecule has 126 valence electrons. The van der Waals surface area contributed by atoms with Crippen LogP contribution in [0, 0.1) is 5.82 Å². The minimum absolute atomic E-state index is 0.0139. The van der Waals surface area contributed by atoms with Crippen LogP contribution in [0.1, 0.15) is 27.7 Å². The lowest BCUT2D eigenvalue weighted by Crippen LogP contribution is -2.32. The van der Waals surface area contributed by atoms with Gasteiger partial charge in [0, 0.05) is 6.54 Å². The van der Waals surface area contributed by atoms with Gasteiger partial charge in [0.1, 0.15) is 11.4 Å². The van der Waals surface area contributed by atoms with Gasteiger partial charge >= 0.3 is 0 Å². The Bertz CT molecular complexity index is 1040. The van der Waals surface area contributed by atoms with E-state index in [9.17, 15) is 19.1 Å². The predicted octanol–water partition coefficient (Wildman–Crippen LogP) is 2.47. The lowest BCUT2D eigenvalue weighted by molar-refractivity contribution is 0.0691. The van der Waals surface area contributed by atoms with Crippen molar-refractivity contribution in [3.8, 4) is 0 Å². The van der Waals surface area contributed by atoms with E-state index in [0.717, 1.165) is 0 Å². The van der Waals surface area contributed by atoms with Gasteiger partial charge in [-0.1, -0.05) is 24.3 Å². The Morgan fingerprint density at radius 3 is 2.68 bits per heavy atom. The zero-order chi connectivity index (χ0) is 17.6. The van der Waals surface area contributed by atoms with E-state index in [0.29, 0.717) is 16.5 Å². The summed E-state index contributed by atoms with van der Waals surface area (Å²) in [6, 6.07) is 11.6. The molecule has 0 unspecified atom stereocenters. The third-order valence-electron chi connectivity index (χ3n) is 4.38. The topological polar surface area (TPSA) is 70.8 Å². The number of hydrogen-bond acceptors (Lipinski definition) is 4. The number of para-hydroxylation sites is 1. The van der Waals surface area contributed by atoms with Crippen molar-refractivity contribution < 1.29 is 18.7 Å². The second-order valence-corrected chi connectivity index (χ2v) is 5.85. The van der Waals surface area contributed by atoms with E-state index < -0.39 is 17.8 Å². The second-order valence-electron chi connectivity index (χ2n) is 5.85. The number of aliphatic hydroxyl groups excluding tert-OH is 1. The molecule has 1 aliphatic heterocycles. The first-order valence-electron chi connectivity index (χ1n) is 7.85. The third kappa shape index (κ3) is 2.34. The standard InChI is InChI=1S/C19H14FNO4/c20-12-5-3-4-11(10-12)16-15-17(23)13-6-1-2-7-14(13)25-18(15)19(24)21(16)8-9-22/h1-7,10,16,22H,8-9H2/t16-/m0/s1. The van der Waals surface area contributed by atoms with Crippen molar-refractivity contribution in [3.05, 3.63) is 81.5 Å². The van der Waals surface area contributed by atoms with Gasteiger partial charge < -0.3 is 14.4 Å². The minimum atomic E-state index is -0.786. The molecule has 1 atom stereocenters. The van der Waals surface area contributed by atoms with Crippen LogP contribution in [0.25, 0.3) is 11.0 Å². The molecule has 0 aliphatic carbocycles. The highest BCUT2D eigenvalue weighted by Gasteiger charge is 2.42. The van der Waals surface area contributed by atoms with Gasteiger partial charge in [0.25, 0.3) is 5.91 Å². The fourth-order valence-corrected chi connectivity index (χ4v) is 3.33. The van der Waals surface area contributed by atoms with Crippen LogP contribution < -0.4 is 5.43 Å². The van der Waals surface area contributed by atoms with Gasteiger partial charge in [0.15, 0.2) is 5.43 Å². The largest absolute Gasteiger partial charge is 0.450 e. The van der Waals surface area contributed by atoms with Crippen molar-refractivity contribution in [3.63, 3.8) is 0 Å². The van der Waals surface area contributed by atoms with Gasteiger partial charge in [-0.2, -0.15) is 0 Å².